The van der Waals surface area contributed by atoms with E-state index in [0.717, 1.165) is 12.8 Å². The molecule has 17 heavy (non-hydrogen) atoms. The number of oxazole rings is 1. The van der Waals surface area contributed by atoms with Gasteiger partial charge in [0.25, 0.3) is 0 Å². The van der Waals surface area contributed by atoms with Crippen LogP contribution in [-0.2, 0) is 4.74 Å². The van der Waals surface area contributed by atoms with Crippen molar-refractivity contribution in [2.75, 3.05) is 6.61 Å². The summed E-state index contributed by atoms with van der Waals surface area (Å²) in [5, 5.41) is 0. The molecular formula is C13H19NO3. The van der Waals surface area contributed by atoms with Gasteiger partial charge in [-0.1, -0.05) is 19.3 Å². The van der Waals surface area contributed by atoms with Crippen LogP contribution in [0.1, 0.15) is 67.1 Å². The highest BCUT2D eigenvalue weighted by molar-refractivity contribution is 5.87. The maximum absolute atomic E-state index is 11.6. The number of ether oxygens (including phenoxy) is 1. The zero-order valence-electron chi connectivity index (χ0n) is 10.5. The number of carbonyl (C=O) groups is 1. The van der Waals surface area contributed by atoms with Crippen molar-refractivity contribution in [3.63, 3.8) is 0 Å². The van der Waals surface area contributed by atoms with Gasteiger partial charge in [-0.25, -0.2) is 9.78 Å². The average Bonchev–Trinajstić information content (AvgIpc) is 2.73. The molecule has 0 spiro atoms. The first-order valence-corrected chi connectivity index (χ1v) is 6.36. The highest BCUT2D eigenvalue weighted by atomic mass is 16.5. The summed E-state index contributed by atoms with van der Waals surface area (Å²) in [6.07, 6.45) is 5.97. The number of rotatable bonds is 3. The minimum absolute atomic E-state index is 0.271. The Labute approximate surface area is 101 Å². The van der Waals surface area contributed by atoms with E-state index in [0.29, 0.717) is 24.1 Å². The quantitative estimate of drug-likeness (QED) is 0.757. The van der Waals surface area contributed by atoms with Gasteiger partial charge in [0.1, 0.15) is 0 Å². The number of aryl methyl sites for hydroxylation is 1. The third-order valence-electron chi connectivity index (χ3n) is 3.23. The number of esters is 1. The number of nitrogens with zero attached hydrogens (tertiary/aromatic N) is 1. The lowest BCUT2D eigenvalue weighted by molar-refractivity contribution is 0.0485. The molecule has 0 unspecified atom stereocenters. The van der Waals surface area contributed by atoms with Crippen LogP contribution in [0.3, 0.4) is 0 Å². The zero-order chi connectivity index (χ0) is 12.3. The lowest BCUT2D eigenvalue weighted by atomic mass is 9.89. The van der Waals surface area contributed by atoms with Gasteiger partial charge in [-0.2, -0.15) is 0 Å². The summed E-state index contributed by atoms with van der Waals surface area (Å²) in [5.41, 5.74) is 0.643. The molecule has 1 aliphatic carbocycles. The molecule has 0 amide bonds. The maximum atomic E-state index is 11.6. The van der Waals surface area contributed by atoms with Crippen LogP contribution in [0.2, 0.25) is 0 Å². The Balaban J connectivity index is 2.14. The fourth-order valence-corrected chi connectivity index (χ4v) is 2.33. The van der Waals surface area contributed by atoms with E-state index >= 15 is 0 Å². The molecule has 94 valence electrons. The van der Waals surface area contributed by atoms with Crippen LogP contribution < -0.4 is 0 Å². The van der Waals surface area contributed by atoms with E-state index < -0.39 is 5.97 Å². The van der Waals surface area contributed by atoms with Crippen molar-refractivity contribution in [1.82, 2.24) is 4.98 Å². The summed E-state index contributed by atoms with van der Waals surface area (Å²) in [4.78, 5) is 16.0. The fraction of sp³-hybridized carbons (Fsp3) is 0.692. The normalized spacial score (nSPS) is 17.1. The van der Waals surface area contributed by atoms with Crippen molar-refractivity contribution < 1.29 is 13.9 Å². The van der Waals surface area contributed by atoms with E-state index in [-0.39, 0.29) is 5.76 Å². The van der Waals surface area contributed by atoms with Gasteiger partial charge in [-0.15, -0.1) is 0 Å². The Morgan fingerprint density at radius 1 is 1.41 bits per heavy atom. The van der Waals surface area contributed by atoms with Crippen molar-refractivity contribution in [3.05, 3.63) is 17.3 Å². The Bertz CT molecular complexity index is 391. The van der Waals surface area contributed by atoms with Gasteiger partial charge < -0.3 is 9.15 Å². The van der Waals surface area contributed by atoms with Crippen molar-refractivity contribution in [2.24, 2.45) is 0 Å². The molecule has 1 fully saturated rings. The summed E-state index contributed by atoms with van der Waals surface area (Å²) in [6.45, 7) is 3.94. The maximum Gasteiger partial charge on any atom is 0.376 e. The molecule has 0 atom stereocenters. The highest BCUT2D eigenvalue weighted by Crippen LogP contribution is 2.33. The Hall–Kier alpha value is -1.32. The minimum Gasteiger partial charge on any atom is -0.460 e. The van der Waals surface area contributed by atoms with Gasteiger partial charge >= 0.3 is 5.97 Å². The molecule has 1 heterocycles. The molecule has 0 aliphatic heterocycles. The van der Waals surface area contributed by atoms with Crippen molar-refractivity contribution in [3.8, 4) is 0 Å². The first kappa shape index (κ1) is 12.1. The molecule has 0 saturated heterocycles. The van der Waals surface area contributed by atoms with Crippen LogP contribution in [0.25, 0.3) is 0 Å². The molecular weight excluding hydrogens is 218 g/mol. The van der Waals surface area contributed by atoms with Gasteiger partial charge in [-0.3, -0.25) is 0 Å². The van der Waals surface area contributed by atoms with E-state index in [1.165, 1.54) is 19.3 Å². The molecule has 2 rings (SSSR count). The third kappa shape index (κ3) is 2.68. The second kappa shape index (κ2) is 5.34. The van der Waals surface area contributed by atoms with Crippen molar-refractivity contribution in [2.45, 2.75) is 51.9 Å². The molecule has 0 N–H and O–H groups in total. The standard InChI is InChI=1S/C13H19NO3/c1-3-16-13(15)11-9(2)14-12(17-11)10-7-5-4-6-8-10/h10H,3-8H2,1-2H3. The van der Waals surface area contributed by atoms with Gasteiger partial charge in [0.2, 0.25) is 5.76 Å². The molecule has 1 aromatic heterocycles. The highest BCUT2D eigenvalue weighted by Gasteiger charge is 2.24. The molecule has 1 saturated carbocycles. The summed E-state index contributed by atoms with van der Waals surface area (Å²) < 4.78 is 10.5. The summed E-state index contributed by atoms with van der Waals surface area (Å²) in [5.74, 6) is 0.961. The van der Waals surface area contributed by atoms with Gasteiger partial charge in [-0.05, 0) is 26.7 Å². The predicted octanol–water partition coefficient (Wildman–Crippen LogP) is 3.21. The predicted molar refractivity (Wildman–Crippen MR) is 63.0 cm³/mol. The minimum atomic E-state index is -0.403. The average molecular weight is 237 g/mol. The first-order valence-electron chi connectivity index (χ1n) is 6.36. The molecule has 1 aromatic rings. The second-order valence-electron chi connectivity index (χ2n) is 4.52. The van der Waals surface area contributed by atoms with Crippen LogP contribution in [0, 0.1) is 6.92 Å². The zero-order valence-corrected chi connectivity index (χ0v) is 10.5. The molecule has 4 nitrogen and oxygen atoms in total. The summed E-state index contributed by atoms with van der Waals surface area (Å²) in [6, 6.07) is 0. The lowest BCUT2D eigenvalue weighted by Gasteiger charge is -2.17. The second-order valence-corrected chi connectivity index (χ2v) is 4.52. The molecule has 4 heteroatoms. The van der Waals surface area contributed by atoms with E-state index in [4.69, 9.17) is 9.15 Å². The topological polar surface area (TPSA) is 52.3 Å². The van der Waals surface area contributed by atoms with Crippen molar-refractivity contribution >= 4 is 5.97 Å². The Morgan fingerprint density at radius 3 is 2.76 bits per heavy atom. The number of aromatic nitrogens is 1. The SMILES string of the molecule is CCOC(=O)c1oc(C2CCCCC2)nc1C. The summed E-state index contributed by atoms with van der Waals surface area (Å²) in [7, 11) is 0. The van der Waals surface area contributed by atoms with E-state index in [1.54, 1.807) is 13.8 Å². The molecule has 1 aliphatic rings. The van der Waals surface area contributed by atoms with Gasteiger partial charge in [0, 0.05) is 5.92 Å². The third-order valence-corrected chi connectivity index (χ3v) is 3.23. The van der Waals surface area contributed by atoms with Gasteiger partial charge in [0.05, 0.1) is 12.3 Å². The lowest BCUT2D eigenvalue weighted by Crippen LogP contribution is -2.05. The van der Waals surface area contributed by atoms with Crippen molar-refractivity contribution in [1.29, 1.82) is 0 Å². The van der Waals surface area contributed by atoms with Crippen LogP contribution in [0.5, 0.6) is 0 Å². The fourth-order valence-electron chi connectivity index (χ4n) is 2.33. The van der Waals surface area contributed by atoms with E-state index in [2.05, 4.69) is 4.98 Å². The molecule has 0 aromatic carbocycles. The molecule has 0 bridgehead atoms. The number of carbonyl (C=O) groups excluding carboxylic acids is 1. The Kier molecular flexibility index (Phi) is 3.82. The number of hydrogen-bond donors (Lipinski definition) is 0. The smallest absolute Gasteiger partial charge is 0.376 e. The van der Waals surface area contributed by atoms with E-state index in [9.17, 15) is 4.79 Å². The first-order chi connectivity index (χ1) is 8.22. The monoisotopic (exact) mass is 237 g/mol. The molecule has 0 radical (unpaired) electrons. The van der Waals surface area contributed by atoms with Crippen LogP contribution in [-0.4, -0.2) is 17.6 Å². The largest absolute Gasteiger partial charge is 0.460 e. The van der Waals surface area contributed by atoms with Crippen LogP contribution in [0.15, 0.2) is 4.42 Å². The number of hydrogen-bond acceptors (Lipinski definition) is 4. The van der Waals surface area contributed by atoms with Crippen LogP contribution in [0.4, 0.5) is 0 Å². The van der Waals surface area contributed by atoms with Gasteiger partial charge in [0.15, 0.2) is 5.89 Å². The van der Waals surface area contributed by atoms with Crippen LogP contribution >= 0.6 is 0 Å². The summed E-state index contributed by atoms with van der Waals surface area (Å²) >= 11 is 0. The van der Waals surface area contributed by atoms with E-state index in [1.807, 2.05) is 0 Å². The Morgan fingerprint density at radius 2 is 2.12 bits per heavy atom.